The Bertz CT molecular complexity index is 896. The number of ether oxygens (including phenoxy) is 1. The fourth-order valence-corrected chi connectivity index (χ4v) is 4.49. The molecule has 0 bridgehead atoms. The van der Waals surface area contributed by atoms with E-state index in [1.165, 1.54) is 24.8 Å². The number of carbonyl (C=O) groups excluding carboxylic acids is 1. The van der Waals surface area contributed by atoms with E-state index in [0.717, 1.165) is 10.5 Å². The van der Waals surface area contributed by atoms with Crippen molar-refractivity contribution >= 4 is 33.4 Å². The number of nitrogens with one attached hydrogen (secondary N) is 2. The first-order valence-electron chi connectivity index (χ1n) is 8.42. The average Bonchev–Trinajstić information content (AvgIpc) is 2.65. The van der Waals surface area contributed by atoms with Gasteiger partial charge in [0.15, 0.2) is 0 Å². The van der Waals surface area contributed by atoms with Gasteiger partial charge in [0.1, 0.15) is 5.75 Å². The van der Waals surface area contributed by atoms with Crippen LogP contribution >= 0.6 is 11.8 Å². The molecule has 1 atom stereocenters. The summed E-state index contributed by atoms with van der Waals surface area (Å²) in [6, 6.07) is 11.6. The lowest BCUT2D eigenvalue weighted by atomic mass is 10.1. The first-order valence-corrected chi connectivity index (χ1v) is 11.1. The van der Waals surface area contributed by atoms with Crippen LogP contribution in [0, 0.1) is 0 Å². The van der Waals surface area contributed by atoms with Crippen molar-refractivity contribution in [1.82, 2.24) is 4.72 Å². The third kappa shape index (κ3) is 5.47. The van der Waals surface area contributed by atoms with Gasteiger partial charge in [0, 0.05) is 17.9 Å². The van der Waals surface area contributed by atoms with Crippen LogP contribution in [0.4, 0.5) is 5.69 Å². The second kappa shape index (κ2) is 9.25. The highest BCUT2D eigenvalue weighted by atomic mass is 32.2. The van der Waals surface area contributed by atoms with Gasteiger partial charge in [-0.2, -0.15) is 0 Å². The molecule has 6 nitrogen and oxygen atoms in total. The van der Waals surface area contributed by atoms with E-state index in [1.807, 2.05) is 25.3 Å². The van der Waals surface area contributed by atoms with E-state index in [9.17, 15) is 13.2 Å². The molecule has 27 heavy (non-hydrogen) atoms. The highest BCUT2D eigenvalue weighted by Crippen LogP contribution is 2.29. The van der Waals surface area contributed by atoms with Crippen molar-refractivity contribution in [2.45, 2.75) is 36.1 Å². The molecule has 146 valence electrons. The van der Waals surface area contributed by atoms with Crippen LogP contribution in [-0.4, -0.2) is 27.7 Å². The van der Waals surface area contributed by atoms with E-state index >= 15 is 0 Å². The zero-order chi connectivity index (χ0) is 20.0. The lowest BCUT2D eigenvalue weighted by Crippen LogP contribution is -2.28. The number of methoxy groups -OCH3 is 1. The highest BCUT2D eigenvalue weighted by Gasteiger charge is 2.21. The van der Waals surface area contributed by atoms with Crippen molar-refractivity contribution in [1.29, 1.82) is 0 Å². The van der Waals surface area contributed by atoms with Crippen molar-refractivity contribution in [3.8, 4) is 5.75 Å². The molecule has 2 rings (SSSR count). The molecule has 2 aromatic rings. The van der Waals surface area contributed by atoms with E-state index in [-0.39, 0.29) is 16.8 Å². The van der Waals surface area contributed by atoms with Gasteiger partial charge in [-0.25, -0.2) is 13.1 Å². The Labute approximate surface area is 164 Å². The number of thioether (sulfide) groups is 1. The zero-order valence-electron chi connectivity index (χ0n) is 15.8. The maximum atomic E-state index is 12.9. The topological polar surface area (TPSA) is 84.5 Å². The van der Waals surface area contributed by atoms with Crippen molar-refractivity contribution in [3.63, 3.8) is 0 Å². The van der Waals surface area contributed by atoms with E-state index in [0.29, 0.717) is 17.9 Å². The van der Waals surface area contributed by atoms with Gasteiger partial charge in [-0.05, 0) is 48.6 Å². The van der Waals surface area contributed by atoms with Gasteiger partial charge in [-0.15, -0.1) is 11.8 Å². The Hall–Kier alpha value is -2.03. The van der Waals surface area contributed by atoms with E-state index in [2.05, 4.69) is 10.0 Å². The van der Waals surface area contributed by atoms with Crippen LogP contribution in [0.1, 0.15) is 31.9 Å². The van der Waals surface area contributed by atoms with Crippen LogP contribution in [0.5, 0.6) is 5.75 Å². The summed E-state index contributed by atoms with van der Waals surface area (Å²) in [7, 11) is -2.18. The smallest absolute Gasteiger partial charge is 0.241 e. The minimum absolute atomic E-state index is 0.107. The third-order valence-electron chi connectivity index (χ3n) is 4.02. The highest BCUT2D eigenvalue weighted by molar-refractivity contribution is 7.98. The molecule has 0 aliphatic carbocycles. The maximum absolute atomic E-state index is 12.9. The summed E-state index contributed by atoms with van der Waals surface area (Å²) in [6.45, 7) is 3.30. The average molecular weight is 409 g/mol. The van der Waals surface area contributed by atoms with Gasteiger partial charge in [-0.1, -0.05) is 19.1 Å². The molecule has 0 spiro atoms. The van der Waals surface area contributed by atoms with Crippen LogP contribution in [0.15, 0.2) is 52.3 Å². The summed E-state index contributed by atoms with van der Waals surface area (Å²) in [4.78, 5) is 12.3. The fourth-order valence-electron chi connectivity index (χ4n) is 2.62. The zero-order valence-corrected chi connectivity index (χ0v) is 17.4. The van der Waals surface area contributed by atoms with Gasteiger partial charge >= 0.3 is 0 Å². The summed E-state index contributed by atoms with van der Waals surface area (Å²) < 4.78 is 33.6. The Balaban J connectivity index is 2.31. The molecule has 0 aliphatic rings. The SMILES string of the molecule is CCC(NS(=O)(=O)c1ccc(SC)c(NC(C)=O)c1)c1ccc(OC)cc1. The van der Waals surface area contributed by atoms with Crippen molar-refractivity contribution in [2.75, 3.05) is 18.7 Å². The molecule has 0 saturated heterocycles. The molecule has 1 unspecified atom stereocenters. The Morgan fingerprint density at radius 3 is 2.37 bits per heavy atom. The summed E-state index contributed by atoms with van der Waals surface area (Å²) in [5, 5.41) is 2.68. The lowest BCUT2D eigenvalue weighted by Gasteiger charge is -2.19. The second-order valence-electron chi connectivity index (χ2n) is 5.90. The minimum atomic E-state index is -3.76. The van der Waals surface area contributed by atoms with E-state index < -0.39 is 10.0 Å². The Morgan fingerprint density at radius 2 is 1.85 bits per heavy atom. The number of amides is 1. The van der Waals surface area contributed by atoms with Crippen LogP contribution in [0.3, 0.4) is 0 Å². The van der Waals surface area contributed by atoms with Gasteiger partial charge < -0.3 is 10.1 Å². The van der Waals surface area contributed by atoms with Crippen LogP contribution < -0.4 is 14.8 Å². The standard InChI is InChI=1S/C19H24N2O4S2/c1-5-17(14-6-8-15(25-3)9-7-14)21-27(23,24)16-10-11-19(26-4)18(12-16)20-13(2)22/h6-12,17,21H,5H2,1-4H3,(H,20,22). The molecule has 0 radical (unpaired) electrons. The monoisotopic (exact) mass is 408 g/mol. The lowest BCUT2D eigenvalue weighted by molar-refractivity contribution is -0.114. The Morgan fingerprint density at radius 1 is 1.19 bits per heavy atom. The van der Waals surface area contributed by atoms with E-state index in [1.54, 1.807) is 31.4 Å². The summed E-state index contributed by atoms with van der Waals surface area (Å²) >= 11 is 1.43. The number of rotatable bonds is 8. The predicted octanol–water partition coefficient (Wildman–Crippen LogP) is 3.81. The molecule has 0 fully saturated rings. The van der Waals surface area contributed by atoms with Gasteiger partial charge in [-0.3, -0.25) is 4.79 Å². The van der Waals surface area contributed by atoms with E-state index in [4.69, 9.17) is 4.74 Å². The Kier molecular flexibility index (Phi) is 7.29. The summed E-state index contributed by atoms with van der Waals surface area (Å²) in [6.07, 6.45) is 2.46. The number of sulfonamides is 1. The van der Waals surface area contributed by atoms with Gasteiger partial charge in [0.05, 0.1) is 17.7 Å². The maximum Gasteiger partial charge on any atom is 0.241 e. The van der Waals surface area contributed by atoms with Crippen molar-refractivity contribution < 1.29 is 17.9 Å². The molecule has 2 N–H and O–H groups in total. The number of anilines is 1. The quantitative estimate of drug-likeness (QED) is 0.649. The number of benzene rings is 2. The van der Waals surface area contributed by atoms with Crippen molar-refractivity contribution in [3.05, 3.63) is 48.0 Å². The molecule has 0 aromatic heterocycles. The number of hydrogen-bond donors (Lipinski definition) is 2. The first-order chi connectivity index (χ1) is 12.8. The normalized spacial score (nSPS) is 12.4. The van der Waals surface area contributed by atoms with Crippen molar-refractivity contribution in [2.24, 2.45) is 0 Å². The van der Waals surface area contributed by atoms with Crippen LogP contribution in [0.25, 0.3) is 0 Å². The van der Waals surface area contributed by atoms with Gasteiger partial charge in [0.25, 0.3) is 0 Å². The molecule has 0 saturated carbocycles. The summed E-state index contributed by atoms with van der Waals surface area (Å²) in [5.41, 5.74) is 1.33. The molecule has 0 heterocycles. The fraction of sp³-hybridized carbons (Fsp3) is 0.316. The largest absolute Gasteiger partial charge is 0.497 e. The number of carbonyl (C=O) groups is 1. The third-order valence-corrected chi connectivity index (χ3v) is 6.28. The van der Waals surface area contributed by atoms with Crippen LogP contribution in [0.2, 0.25) is 0 Å². The number of hydrogen-bond acceptors (Lipinski definition) is 5. The van der Waals surface area contributed by atoms with Crippen LogP contribution in [-0.2, 0) is 14.8 Å². The van der Waals surface area contributed by atoms with Gasteiger partial charge in [0.2, 0.25) is 15.9 Å². The molecular formula is C19H24N2O4S2. The molecule has 8 heteroatoms. The molecule has 2 aromatic carbocycles. The summed E-state index contributed by atoms with van der Waals surface area (Å²) in [5.74, 6) is 0.460. The first kappa shape index (κ1) is 21.3. The molecule has 0 aliphatic heterocycles. The molecule has 1 amide bonds. The molecular weight excluding hydrogens is 384 g/mol. The minimum Gasteiger partial charge on any atom is -0.497 e. The second-order valence-corrected chi connectivity index (χ2v) is 8.46. The predicted molar refractivity (Wildman–Crippen MR) is 109 cm³/mol.